The Hall–Kier alpha value is -0.450. The predicted molar refractivity (Wildman–Crippen MR) is 76.3 cm³/mol. The quantitative estimate of drug-likeness (QED) is 0.558. The molecule has 2 aromatic carbocycles. The fourth-order valence-electron chi connectivity index (χ4n) is 1.57. The van der Waals surface area contributed by atoms with Crippen LogP contribution in [-0.4, -0.2) is 0 Å². The van der Waals surface area contributed by atoms with Gasteiger partial charge in [-0.1, -0.05) is 45.7 Å². The van der Waals surface area contributed by atoms with E-state index < -0.39 is 11.6 Å². The van der Waals surface area contributed by atoms with Gasteiger partial charge in [-0.2, -0.15) is 0 Å². The number of alkyl halides is 1. The van der Waals surface area contributed by atoms with Crippen LogP contribution < -0.4 is 0 Å². The molecule has 1 unspecified atom stereocenters. The van der Waals surface area contributed by atoms with Gasteiger partial charge in [-0.05, 0) is 45.3 Å². The molecule has 0 saturated carbocycles. The first-order valence-electron chi connectivity index (χ1n) is 5.03. The standard InChI is InChI=1S/C13H7Br2ClF2/c14-9-3-1-2-8(13(9)16)12(15)7-4-5-10(17)11(18)6-7/h1-6,12H. The van der Waals surface area contributed by atoms with Crippen LogP contribution in [0.5, 0.6) is 0 Å². The fraction of sp³-hybridized carbons (Fsp3) is 0.0769. The molecule has 0 heterocycles. The van der Waals surface area contributed by atoms with Crippen molar-refractivity contribution in [1.82, 2.24) is 0 Å². The lowest BCUT2D eigenvalue weighted by atomic mass is 10.0. The summed E-state index contributed by atoms with van der Waals surface area (Å²) in [7, 11) is 0. The van der Waals surface area contributed by atoms with Crippen LogP contribution in [0, 0.1) is 11.6 Å². The van der Waals surface area contributed by atoms with Crippen LogP contribution in [-0.2, 0) is 0 Å². The number of halogens is 5. The summed E-state index contributed by atoms with van der Waals surface area (Å²) >= 11 is 12.9. The third-order valence-electron chi connectivity index (χ3n) is 2.49. The minimum Gasteiger partial charge on any atom is -0.204 e. The second kappa shape index (κ2) is 5.68. The van der Waals surface area contributed by atoms with Crippen LogP contribution in [0.25, 0.3) is 0 Å². The smallest absolute Gasteiger partial charge is 0.159 e. The zero-order valence-electron chi connectivity index (χ0n) is 8.93. The Kier molecular flexibility index (Phi) is 4.41. The maximum Gasteiger partial charge on any atom is 0.159 e. The van der Waals surface area contributed by atoms with E-state index in [-0.39, 0.29) is 4.83 Å². The van der Waals surface area contributed by atoms with E-state index in [2.05, 4.69) is 31.9 Å². The van der Waals surface area contributed by atoms with Crippen LogP contribution in [0.3, 0.4) is 0 Å². The Bertz CT molecular complexity index is 587. The Morgan fingerprint density at radius 3 is 2.44 bits per heavy atom. The highest BCUT2D eigenvalue weighted by atomic mass is 79.9. The predicted octanol–water partition coefficient (Wildman–Crippen LogP) is 5.87. The topological polar surface area (TPSA) is 0 Å². The van der Waals surface area contributed by atoms with Crippen LogP contribution in [0.4, 0.5) is 8.78 Å². The van der Waals surface area contributed by atoms with Crippen molar-refractivity contribution in [2.75, 3.05) is 0 Å². The summed E-state index contributed by atoms with van der Waals surface area (Å²) in [5.74, 6) is -1.73. The summed E-state index contributed by atoms with van der Waals surface area (Å²) in [6.45, 7) is 0. The van der Waals surface area contributed by atoms with Crippen molar-refractivity contribution in [3.8, 4) is 0 Å². The van der Waals surface area contributed by atoms with Crippen LogP contribution in [0.1, 0.15) is 16.0 Å². The molecule has 94 valence electrons. The van der Waals surface area contributed by atoms with Crippen molar-refractivity contribution in [2.45, 2.75) is 4.83 Å². The zero-order chi connectivity index (χ0) is 13.3. The molecule has 0 radical (unpaired) electrons. The van der Waals surface area contributed by atoms with Crippen LogP contribution >= 0.6 is 43.5 Å². The van der Waals surface area contributed by atoms with Crippen molar-refractivity contribution in [3.05, 3.63) is 68.7 Å². The molecular weight excluding hydrogens is 389 g/mol. The zero-order valence-corrected chi connectivity index (χ0v) is 12.9. The molecule has 0 aliphatic heterocycles. The molecule has 5 heteroatoms. The van der Waals surface area contributed by atoms with E-state index in [9.17, 15) is 8.78 Å². The molecule has 0 saturated heterocycles. The Morgan fingerprint density at radius 1 is 1.06 bits per heavy atom. The summed E-state index contributed by atoms with van der Waals surface area (Å²) in [6, 6.07) is 9.26. The van der Waals surface area contributed by atoms with Crippen molar-refractivity contribution in [3.63, 3.8) is 0 Å². The molecule has 2 aromatic rings. The first-order chi connectivity index (χ1) is 8.50. The molecule has 0 aliphatic rings. The van der Waals surface area contributed by atoms with Crippen LogP contribution in [0.2, 0.25) is 5.02 Å². The molecular formula is C13H7Br2ClF2. The third-order valence-corrected chi connectivity index (χ3v) is 4.82. The van der Waals surface area contributed by atoms with Gasteiger partial charge in [-0.25, -0.2) is 8.78 Å². The van der Waals surface area contributed by atoms with Gasteiger partial charge in [0.25, 0.3) is 0 Å². The Morgan fingerprint density at radius 2 is 1.78 bits per heavy atom. The monoisotopic (exact) mass is 394 g/mol. The first-order valence-corrected chi connectivity index (χ1v) is 7.12. The van der Waals surface area contributed by atoms with E-state index >= 15 is 0 Å². The summed E-state index contributed by atoms with van der Waals surface area (Å²) in [4.78, 5) is -0.294. The average Bonchev–Trinajstić information content (AvgIpc) is 2.35. The third kappa shape index (κ3) is 2.76. The van der Waals surface area contributed by atoms with E-state index in [0.29, 0.717) is 10.6 Å². The van der Waals surface area contributed by atoms with Crippen molar-refractivity contribution in [2.24, 2.45) is 0 Å². The second-order valence-electron chi connectivity index (χ2n) is 3.68. The van der Waals surface area contributed by atoms with E-state index in [1.165, 1.54) is 6.07 Å². The summed E-state index contributed by atoms with van der Waals surface area (Å²) in [5.41, 5.74) is 1.39. The van der Waals surface area contributed by atoms with E-state index in [1.54, 1.807) is 0 Å². The Balaban J connectivity index is 2.44. The Labute approximate surface area is 125 Å². The van der Waals surface area contributed by atoms with Crippen molar-refractivity contribution < 1.29 is 8.78 Å². The second-order valence-corrected chi connectivity index (χ2v) is 5.83. The van der Waals surface area contributed by atoms with Crippen molar-refractivity contribution >= 4 is 43.5 Å². The van der Waals surface area contributed by atoms with E-state index in [4.69, 9.17) is 11.6 Å². The van der Waals surface area contributed by atoms with Crippen molar-refractivity contribution in [1.29, 1.82) is 0 Å². The largest absolute Gasteiger partial charge is 0.204 e. The van der Waals surface area contributed by atoms with Gasteiger partial charge in [0.2, 0.25) is 0 Å². The van der Waals surface area contributed by atoms with E-state index in [1.807, 2.05) is 18.2 Å². The minimum atomic E-state index is -0.872. The van der Waals surface area contributed by atoms with Gasteiger partial charge in [0.05, 0.1) is 9.85 Å². The molecule has 0 N–H and O–H groups in total. The molecule has 18 heavy (non-hydrogen) atoms. The molecule has 0 bridgehead atoms. The number of rotatable bonds is 2. The van der Waals surface area contributed by atoms with Gasteiger partial charge in [-0.3, -0.25) is 0 Å². The van der Waals surface area contributed by atoms with Gasteiger partial charge in [0.15, 0.2) is 11.6 Å². The summed E-state index contributed by atoms with van der Waals surface area (Å²) in [5, 5.41) is 0.545. The highest BCUT2D eigenvalue weighted by Crippen LogP contribution is 2.38. The molecule has 2 rings (SSSR count). The van der Waals surface area contributed by atoms with Gasteiger partial charge in [0.1, 0.15) is 0 Å². The molecule has 0 fully saturated rings. The highest BCUT2D eigenvalue weighted by Gasteiger charge is 2.16. The summed E-state index contributed by atoms with van der Waals surface area (Å²) in [6.07, 6.45) is 0. The number of benzene rings is 2. The number of hydrogen-bond donors (Lipinski definition) is 0. The maximum atomic E-state index is 13.2. The lowest BCUT2D eigenvalue weighted by molar-refractivity contribution is 0.507. The highest BCUT2D eigenvalue weighted by molar-refractivity contribution is 9.10. The van der Waals surface area contributed by atoms with Gasteiger partial charge >= 0.3 is 0 Å². The average molecular weight is 396 g/mol. The normalized spacial score (nSPS) is 12.5. The van der Waals surface area contributed by atoms with E-state index in [0.717, 1.165) is 22.2 Å². The fourth-order valence-corrected chi connectivity index (χ4v) is 2.98. The molecule has 0 spiro atoms. The van der Waals surface area contributed by atoms with Crippen LogP contribution in [0.15, 0.2) is 40.9 Å². The van der Waals surface area contributed by atoms with Gasteiger partial charge in [0, 0.05) is 4.47 Å². The van der Waals surface area contributed by atoms with Gasteiger partial charge < -0.3 is 0 Å². The lowest BCUT2D eigenvalue weighted by Gasteiger charge is -2.13. The minimum absolute atomic E-state index is 0.294. The number of hydrogen-bond acceptors (Lipinski definition) is 0. The molecule has 0 amide bonds. The first kappa shape index (κ1) is 14.0. The maximum absolute atomic E-state index is 13.2. The van der Waals surface area contributed by atoms with Gasteiger partial charge in [-0.15, -0.1) is 0 Å². The SMILES string of the molecule is Fc1ccc(C(Br)c2cccc(Br)c2Cl)cc1F. The molecule has 0 nitrogen and oxygen atoms in total. The summed E-state index contributed by atoms with van der Waals surface area (Å²) < 4.78 is 26.8. The molecule has 0 aromatic heterocycles. The molecule has 1 atom stereocenters. The lowest BCUT2D eigenvalue weighted by Crippen LogP contribution is -1.96. The molecule has 0 aliphatic carbocycles.